The van der Waals surface area contributed by atoms with E-state index in [9.17, 15) is 13.2 Å². The van der Waals surface area contributed by atoms with Crippen molar-refractivity contribution in [3.63, 3.8) is 0 Å². The molecule has 0 radical (unpaired) electrons. The van der Waals surface area contributed by atoms with Crippen LogP contribution in [-0.4, -0.2) is 39.8 Å². The standard InChI is InChI=1S/C25H27ClN2O4S2/c1-2-32-24-15-9-8-14-23(24)28(34(30,31)21-11-4-3-5-12-21)18-25(29)27-16-17-33-19-20-10-6-7-13-22(20)26/h3-15H,2,16-19H2,1H3,(H,27,29). The third-order valence-corrected chi connectivity index (χ3v) is 7.99. The molecule has 6 nitrogen and oxygen atoms in total. The predicted octanol–water partition coefficient (Wildman–Crippen LogP) is 4.98. The number of carbonyl (C=O) groups excluding carboxylic acids is 1. The summed E-state index contributed by atoms with van der Waals surface area (Å²) in [6.07, 6.45) is 0. The zero-order valence-corrected chi connectivity index (χ0v) is 21.2. The van der Waals surface area contributed by atoms with E-state index in [1.54, 1.807) is 54.2 Å². The Kier molecular flexibility index (Phi) is 9.68. The number of anilines is 1. The minimum absolute atomic E-state index is 0.101. The van der Waals surface area contributed by atoms with Gasteiger partial charge in [-0.05, 0) is 42.8 Å². The van der Waals surface area contributed by atoms with Crippen molar-refractivity contribution in [3.05, 3.63) is 89.4 Å². The van der Waals surface area contributed by atoms with Gasteiger partial charge in [-0.25, -0.2) is 8.42 Å². The van der Waals surface area contributed by atoms with Gasteiger partial charge in [0.15, 0.2) is 0 Å². The number of rotatable bonds is 12. The molecule has 0 saturated heterocycles. The van der Waals surface area contributed by atoms with Gasteiger partial charge in [-0.1, -0.05) is 60.1 Å². The van der Waals surface area contributed by atoms with Gasteiger partial charge in [0.2, 0.25) is 5.91 Å². The fourth-order valence-corrected chi connectivity index (χ4v) is 5.80. The lowest BCUT2D eigenvalue weighted by Gasteiger charge is -2.26. The highest BCUT2D eigenvalue weighted by molar-refractivity contribution is 7.98. The second-order valence-electron chi connectivity index (χ2n) is 7.22. The largest absolute Gasteiger partial charge is 0.492 e. The first-order valence-electron chi connectivity index (χ1n) is 10.8. The normalized spacial score (nSPS) is 11.1. The molecule has 0 saturated carbocycles. The molecule has 3 aromatic carbocycles. The van der Waals surface area contributed by atoms with E-state index in [1.807, 2.05) is 31.2 Å². The molecule has 0 spiro atoms. The van der Waals surface area contributed by atoms with Gasteiger partial charge < -0.3 is 10.1 Å². The molecule has 0 bridgehead atoms. The number of para-hydroxylation sites is 2. The molecule has 0 fully saturated rings. The van der Waals surface area contributed by atoms with Crippen LogP contribution in [0.3, 0.4) is 0 Å². The topological polar surface area (TPSA) is 75.7 Å². The number of hydrogen-bond acceptors (Lipinski definition) is 5. The van der Waals surface area contributed by atoms with Crippen LogP contribution in [0.1, 0.15) is 12.5 Å². The molecule has 0 heterocycles. The average molecular weight is 519 g/mol. The van der Waals surface area contributed by atoms with Crippen LogP contribution in [-0.2, 0) is 20.6 Å². The Morgan fingerprint density at radius 3 is 2.41 bits per heavy atom. The Hall–Kier alpha value is -2.68. The lowest BCUT2D eigenvalue weighted by Crippen LogP contribution is -2.41. The van der Waals surface area contributed by atoms with Crippen LogP contribution in [0.15, 0.2) is 83.8 Å². The third-order valence-electron chi connectivity index (χ3n) is 4.84. The summed E-state index contributed by atoms with van der Waals surface area (Å²) >= 11 is 7.81. The first-order chi connectivity index (χ1) is 16.4. The van der Waals surface area contributed by atoms with E-state index in [0.29, 0.717) is 35.4 Å². The van der Waals surface area contributed by atoms with Gasteiger partial charge in [-0.15, -0.1) is 0 Å². The smallest absolute Gasteiger partial charge is 0.264 e. The molecule has 0 aliphatic rings. The number of benzene rings is 3. The van der Waals surface area contributed by atoms with E-state index in [-0.39, 0.29) is 11.4 Å². The summed E-state index contributed by atoms with van der Waals surface area (Å²) in [4.78, 5) is 12.9. The number of halogens is 1. The monoisotopic (exact) mass is 518 g/mol. The van der Waals surface area contributed by atoms with Crippen LogP contribution in [0.5, 0.6) is 5.75 Å². The summed E-state index contributed by atoms with van der Waals surface area (Å²) < 4.78 is 33.7. The first-order valence-corrected chi connectivity index (χ1v) is 13.8. The number of nitrogens with zero attached hydrogens (tertiary/aromatic N) is 1. The number of sulfonamides is 1. The lowest BCUT2D eigenvalue weighted by molar-refractivity contribution is -0.119. The van der Waals surface area contributed by atoms with Crippen molar-refractivity contribution in [3.8, 4) is 5.75 Å². The molecule has 3 aromatic rings. The summed E-state index contributed by atoms with van der Waals surface area (Å²) in [5, 5.41) is 3.54. The highest BCUT2D eigenvalue weighted by Gasteiger charge is 2.29. The Morgan fingerprint density at radius 1 is 1.00 bits per heavy atom. The lowest BCUT2D eigenvalue weighted by atomic mass is 10.2. The van der Waals surface area contributed by atoms with Gasteiger partial charge in [0.05, 0.1) is 17.2 Å². The molecule has 180 valence electrons. The van der Waals surface area contributed by atoms with Gasteiger partial charge in [-0.2, -0.15) is 11.8 Å². The molecular weight excluding hydrogens is 492 g/mol. The zero-order chi connectivity index (χ0) is 24.4. The Balaban J connectivity index is 1.69. The van der Waals surface area contributed by atoms with E-state index in [4.69, 9.17) is 16.3 Å². The van der Waals surface area contributed by atoms with Crippen LogP contribution in [0.2, 0.25) is 5.02 Å². The predicted molar refractivity (Wildman–Crippen MR) is 139 cm³/mol. The maximum Gasteiger partial charge on any atom is 0.264 e. The van der Waals surface area contributed by atoms with Crippen molar-refractivity contribution in [2.45, 2.75) is 17.6 Å². The fourth-order valence-electron chi connectivity index (χ4n) is 3.21. The zero-order valence-electron chi connectivity index (χ0n) is 18.8. The van der Waals surface area contributed by atoms with Gasteiger partial charge in [0.25, 0.3) is 10.0 Å². The van der Waals surface area contributed by atoms with Crippen molar-refractivity contribution in [1.82, 2.24) is 5.32 Å². The number of ether oxygens (including phenoxy) is 1. The summed E-state index contributed by atoms with van der Waals surface area (Å²) in [5.74, 6) is 1.39. The SMILES string of the molecule is CCOc1ccccc1N(CC(=O)NCCSCc1ccccc1Cl)S(=O)(=O)c1ccccc1. The van der Waals surface area contributed by atoms with Crippen LogP contribution in [0.4, 0.5) is 5.69 Å². The second kappa shape index (κ2) is 12.7. The van der Waals surface area contributed by atoms with E-state index in [1.165, 1.54) is 12.1 Å². The van der Waals surface area contributed by atoms with E-state index >= 15 is 0 Å². The maximum absolute atomic E-state index is 13.5. The van der Waals surface area contributed by atoms with Gasteiger partial charge in [-0.3, -0.25) is 9.10 Å². The fraction of sp³-hybridized carbons (Fsp3) is 0.240. The number of amides is 1. The molecule has 0 atom stereocenters. The quantitative estimate of drug-likeness (QED) is 0.342. The van der Waals surface area contributed by atoms with Crippen molar-refractivity contribution in [2.75, 3.05) is 29.8 Å². The Morgan fingerprint density at radius 2 is 1.68 bits per heavy atom. The molecule has 0 aromatic heterocycles. The van der Waals surface area contributed by atoms with E-state index in [2.05, 4.69) is 5.32 Å². The van der Waals surface area contributed by atoms with E-state index in [0.717, 1.165) is 15.6 Å². The molecule has 0 aliphatic heterocycles. The van der Waals surface area contributed by atoms with Crippen LogP contribution < -0.4 is 14.4 Å². The summed E-state index contributed by atoms with van der Waals surface area (Å²) in [7, 11) is -3.99. The van der Waals surface area contributed by atoms with E-state index < -0.39 is 15.9 Å². The summed E-state index contributed by atoms with van der Waals surface area (Å²) in [6.45, 7) is 2.22. The number of thioether (sulfide) groups is 1. The van der Waals surface area contributed by atoms with Gasteiger partial charge >= 0.3 is 0 Å². The van der Waals surface area contributed by atoms with Gasteiger partial charge in [0.1, 0.15) is 12.3 Å². The van der Waals surface area contributed by atoms with Crippen LogP contribution in [0, 0.1) is 0 Å². The molecule has 3 rings (SSSR count). The Bertz CT molecular complexity index is 1190. The number of hydrogen-bond donors (Lipinski definition) is 1. The average Bonchev–Trinajstić information content (AvgIpc) is 2.84. The maximum atomic E-state index is 13.5. The minimum Gasteiger partial charge on any atom is -0.492 e. The molecule has 0 unspecified atom stereocenters. The van der Waals surface area contributed by atoms with Crippen molar-refractivity contribution < 1.29 is 17.9 Å². The highest BCUT2D eigenvalue weighted by atomic mass is 35.5. The molecular formula is C25H27ClN2O4S2. The molecule has 1 amide bonds. The molecule has 34 heavy (non-hydrogen) atoms. The highest BCUT2D eigenvalue weighted by Crippen LogP contribution is 2.32. The third kappa shape index (κ3) is 6.91. The van der Waals surface area contributed by atoms with Crippen molar-refractivity contribution in [1.29, 1.82) is 0 Å². The second-order valence-corrected chi connectivity index (χ2v) is 10.6. The summed E-state index contributed by atoms with van der Waals surface area (Å²) in [6, 6.07) is 22.5. The summed E-state index contributed by atoms with van der Waals surface area (Å²) in [5.41, 5.74) is 1.35. The molecule has 9 heteroatoms. The number of nitrogens with one attached hydrogen (secondary N) is 1. The minimum atomic E-state index is -3.99. The molecule has 1 N–H and O–H groups in total. The van der Waals surface area contributed by atoms with Crippen LogP contribution >= 0.6 is 23.4 Å². The van der Waals surface area contributed by atoms with Crippen LogP contribution in [0.25, 0.3) is 0 Å². The number of carbonyl (C=O) groups is 1. The molecule has 0 aliphatic carbocycles. The van der Waals surface area contributed by atoms with Crippen molar-refractivity contribution >= 4 is 45.0 Å². The first kappa shape index (κ1) is 25.9. The Labute approximate surface area is 210 Å². The van der Waals surface area contributed by atoms with Crippen molar-refractivity contribution in [2.24, 2.45) is 0 Å². The van der Waals surface area contributed by atoms with Gasteiger partial charge in [0, 0.05) is 23.1 Å².